The highest BCUT2D eigenvalue weighted by atomic mass is 32.1. The van der Waals surface area contributed by atoms with E-state index in [9.17, 15) is 14.4 Å². The number of methoxy groups -OCH3 is 2. The molecule has 2 rings (SSSR count). The standard InChI is InChI=1S/C15H17N3O5S/c1-5-18-7-9(6-16-18)12(19)17-13-10(14(20)22-3)8(2)11(24-13)15(21)23-4/h6-7H,5H2,1-4H3,(H,17,19). The lowest BCUT2D eigenvalue weighted by molar-refractivity contribution is 0.0601. The normalized spacial score (nSPS) is 10.3. The maximum Gasteiger partial charge on any atom is 0.348 e. The van der Waals surface area contributed by atoms with E-state index in [0.717, 1.165) is 11.3 Å². The monoisotopic (exact) mass is 351 g/mol. The van der Waals surface area contributed by atoms with Crippen molar-refractivity contribution in [2.45, 2.75) is 20.4 Å². The number of carbonyl (C=O) groups is 3. The molecular formula is C15H17N3O5S. The summed E-state index contributed by atoms with van der Waals surface area (Å²) in [6.07, 6.45) is 3.02. The van der Waals surface area contributed by atoms with E-state index in [1.165, 1.54) is 20.4 Å². The third-order valence-electron chi connectivity index (χ3n) is 3.35. The van der Waals surface area contributed by atoms with Gasteiger partial charge in [0.1, 0.15) is 9.88 Å². The quantitative estimate of drug-likeness (QED) is 0.828. The number of amides is 1. The molecule has 0 saturated carbocycles. The summed E-state index contributed by atoms with van der Waals surface area (Å²) in [6.45, 7) is 4.13. The summed E-state index contributed by atoms with van der Waals surface area (Å²) in [5.74, 6) is -1.65. The van der Waals surface area contributed by atoms with Gasteiger partial charge in [-0.05, 0) is 19.4 Å². The zero-order chi connectivity index (χ0) is 17.9. The Bertz CT molecular complexity index is 793. The molecule has 0 aliphatic heterocycles. The summed E-state index contributed by atoms with van der Waals surface area (Å²) in [4.78, 5) is 36.4. The highest BCUT2D eigenvalue weighted by Crippen LogP contribution is 2.34. The molecule has 0 saturated heterocycles. The summed E-state index contributed by atoms with van der Waals surface area (Å²) in [6, 6.07) is 0. The summed E-state index contributed by atoms with van der Waals surface area (Å²) >= 11 is 0.964. The number of thiophene rings is 1. The molecule has 0 aromatic carbocycles. The van der Waals surface area contributed by atoms with Crippen LogP contribution in [0.1, 0.15) is 42.9 Å². The number of rotatable bonds is 5. The number of nitrogens with one attached hydrogen (secondary N) is 1. The Morgan fingerprint density at radius 3 is 2.46 bits per heavy atom. The van der Waals surface area contributed by atoms with Gasteiger partial charge >= 0.3 is 11.9 Å². The van der Waals surface area contributed by atoms with E-state index in [0.29, 0.717) is 17.7 Å². The van der Waals surface area contributed by atoms with Gasteiger partial charge in [0.2, 0.25) is 0 Å². The van der Waals surface area contributed by atoms with Crippen LogP contribution in [0.3, 0.4) is 0 Å². The molecule has 0 radical (unpaired) electrons. The molecule has 0 fully saturated rings. The molecule has 0 aliphatic rings. The second-order valence-electron chi connectivity index (χ2n) is 4.78. The predicted molar refractivity (Wildman–Crippen MR) is 87.6 cm³/mol. The Morgan fingerprint density at radius 1 is 1.25 bits per heavy atom. The Labute approximate surface area is 142 Å². The highest BCUT2D eigenvalue weighted by molar-refractivity contribution is 7.18. The zero-order valence-corrected chi connectivity index (χ0v) is 14.5. The third kappa shape index (κ3) is 3.30. The molecule has 0 spiro atoms. The minimum atomic E-state index is -0.640. The van der Waals surface area contributed by atoms with Gasteiger partial charge in [-0.1, -0.05) is 0 Å². The van der Waals surface area contributed by atoms with Gasteiger partial charge < -0.3 is 14.8 Å². The van der Waals surface area contributed by atoms with E-state index in [1.54, 1.807) is 17.8 Å². The van der Waals surface area contributed by atoms with Crippen molar-refractivity contribution in [3.8, 4) is 0 Å². The first-order valence-corrected chi connectivity index (χ1v) is 7.88. The number of hydrogen-bond donors (Lipinski definition) is 1. The second kappa shape index (κ2) is 7.26. The summed E-state index contributed by atoms with van der Waals surface area (Å²) in [5.41, 5.74) is 0.885. The average Bonchev–Trinajstić information content (AvgIpc) is 3.18. The van der Waals surface area contributed by atoms with Crippen molar-refractivity contribution < 1.29 is 23.9 Å². The molecular weight excluding hydrogens is 334 g/mol. The first kappa shape index (κ1) is 17.7. The fourth-order valence-corrected chi connectivity index (χ4v) is 3.17. The van der Waals surface area contributed by atoms with Crippen LogP contribution < -0.4 is 5.32 Å². The Balaban J connectivity index is 2.39. The van der Waals surface area contributed by atoms with Crippen molar-refractivity contribution in [1.82, 2.24) is 9.78 Å². The van der Waals surface area contributed by atoms with E-state index in [2.05, 4.69) is 10.4 Å². The van der Waals surface area contributed by atoms with Gasteiger partial charge in [-0.3, -0.25) is 9.48 Å². The highest BCUT2D eigenvalue weighted by Gasteiger charge is 2.27. The van der Waals surface area contributed by atoms with Gasteiger partial charge in [-0.25, -0.2) is 9.59 Å². The average molecular weight is 351 g/mol. The van der Waals surface area contributed by atoms with Crippen molar-refractivity contribution in [3.63, 3.8) is 0 Å². The van der Waals surface area contributed by atoms with Crippen molar-refractivity contribution in [2.24, 2.45) is 0 Å². The lowest BCUT2D eigenvalue weighted by Gasteiger charge is -2.04. The van der Waals surface area contributed by atoms with E-state index in [4.69, 9.17) is 9.47 Å². The van der Waals surface area contributed by atoms with Crippen LogP contribution in [0.4, 0.5) is 5.00 Å². The second-order valence-corrected chi connectivity index (χ2v) is 5.80. The molecule has 128 valence electrons. The number of aryl methyl sites for hydroxylation is 1. The molecule has 2 aromatic rings. The maximum atomic E-state index is 12.3. The molecule has 9 heteroatoms. The van der Waals surface area contributed by atoms with Crippen LogP contribution in [-0.4, -0.2) is 41.8 Å². The van der Waals surface area contributed by atoms with Gasteiger partial charge in [-0.15, -0.1) is 11.3 Å². The predicted octanol–water partition coefficient (Wildman–Crippen LogP) is 2.10. The first-order valence-electron chi connectivity index (χ1n) is 7.06. The van der Waals surface area contributed by atoms with Crippen LogP contribution >= 0.6 is 11.3 Å². The smallest absolute Gasteiger partial charge is 0.348 e. The molecule has 0 unspecified atom stereocenters. The van der Waals surface area contributed by atoms with Crippen molar-refractivity contribution >= 4 is 34.2 Å². The molecule has 0 bridgehead atoms. The number of hydrogen-bond acceptors (Lipinski definition) is 7. The van der Waals surface area contributed by atoms with Gasteiger partial charge in [-0.2, -0.15) is 5.10 Å². The summed E-state index contributed by atoms with van der Waals surface area (Å²) in [7, 11) is 2.48. The van der Waals surface area contributed by atoms with Crippen molar-refractivity contribution in [3.05, 3.63) is 34.0 Å². The van der Waals surface area contributed by atoms with E-state index >= 15 is 0 Å². The fraction of sp³-hybridized carbons (Fsp3) is 0.333. The number of esters is 2. The Morgan fingerprint density at radius 2 is 1.92 bits per heavy atom. The minimum Gasteiger partial charge on any atom is -0.465 e. The molecule has 8 nitrogen and oxygen atoms in total. The number of carbonyl (C=O) groups excluding carboxylic acids is 3. The van der Waals surface area contributed by atoms with Gasteiger partial charge in [0, 0.05) is 12.7 Å². The first-order chi connectivity index (χ1) is 11.4. The van der Waals surface area contributed by atoms with Crippen LogP contribution in [0.25, 0.3) is 0 Å². The summed E-state index contributed by atoms with van der Waals surface area (Å²) < 4.78 is 11.0. The minimum absolute atomic E-state index is 0.138. The Kier molecular flexibility index (Phi) is 5.35. The van der Waals surface area contributed by atoms with Gasteiger partial charge in [0.25, 0.3) is 5.91 Å². The van der Waals surface area contributed by atoms with Crippen LogP contribution in [-0.2, 0) is 16.0 Å². The van der Waals surface area contributed by atoms with Crippen molar-refractivity contribution in [2.75, 3.05) is 19.5 Å². The van der Waals surface area contributed by atoms with Crippen LogP contribution in [0, 0.1) is 6.92 Å². The van der Waals surface area contributed by atoms with E-state index in [-0.39, 0.29) is 15.4 Å². The lowest BCUT2D eigenvalue weighted by atomic mass is 10.1. The maximum absolute atomic E-state index is 12.3. The van der Waals surface area contributed by atoms with E-state index < -0.39 is 17.8 Å². The SMILES string of the molecule is CCn1cc(C(=O)Nc2sc(C(=O)OC)c(C)c2C(=O)OC)cn1. The molecule has 1 amide bonds. The molecule has 24 heavy (non-hydrogen) atoms. The summed E-state index contributed by atoms with van der Waals surface area (Å²) in [5, 5.41) is 6.90. The number of anilines is 1. The van der Waals surface area contributed by atoms with Crippen molar-refractivity contribution in [1.29, 1.82) is 0 Å². The molecule has 2 heterocycles. The van der Waals surface area contributed by atoms with Crippen LogP contribution in [0.15, 0.2) is 12.4 Å². The van der Waals surface area contributed by atoms with Gasteiger partial charge in [0.15, 0.2) is 0 Å². The lowest BCUT2D eigenvalue weighted by Crippen LogP contribution is -2.13. The molecule has 0 aliphatic carbocycles. The molecule has 0 atom stereocenters. The van der Waals surface area contributed by atoms with E-state index in [1.807, 2.05) is 6.92 Å². The number of ether oxygens (including phenoxy) is 2. The van der Waals surface area contributed by atoms with Crippen LogP contribution in [0.2, 0.25) is 0 Å². The number of aromatic nitrogens is 2. The zero-order valence-electron chi connectivity index (χ0n) is 13.7. The molecule has 2 aromatic heterocycles. The molecule has 1 N–H and O–H groups in total. The number of nitrogens with zero attached hydrogens (tertiary/aromatic N) is 2. The Hall–Kier alpha value is -2.68. The topological polar surface area (TPSA) is 99.5 Å². The fourth-order valence-electron chi connectivity index (χ4n) is 2.07. The third-order valence-corrected chi connectivity index (χ3v) is 4.54. The van der Waals surface area contributed by atoms with Gasteiger partial charge in [0.05, 0.1) is 31.5 Å². The van der Waals surface area contributed by atoms with Crippen LogP contribution in [0.5, 0.6) is 0 Å². The largest absolute Gasteiger partial charge is 0.465 e.